The lowest BCUT2D eigenvalue weighted by Crippen LogP contribution is -2.38. The molecule has 0 aliphatic carbocycles. The Morgan fingerprint density at radius 2 is 2.10 bits per heavy atom. The minimum absolute atomic E-state index is 0.144. The van der Waals surface area contributed by atoms with Gasteiger partial charge in [-0.15, -0.1) is 4.67 Å². The number of phosphoric ester groups is 1. The number of nitrogens with zero attached hydrogens (tertiary/aromatic N) is 1. The summed E-state index contributed by atoms with van der Waals surface area (Å²) in [6, 6.07) is -0.516. The topological polar surface area (TPSA) is 143 Å². The summed E-state index contributed by atoms with van der Waals surface area (Å²) in [4.78, 5) is 22.5. The van der Waals surface area contributed by atoms with Crippen molar-refractivity contribution in [3.8, 4) is 0 Å². The molecule has 1 saturated heterocycles. The summed E-state index contributed by atoms with van der Waals surface area (Å²) in [5.41, 5.74) is 5.37. The van der Waals surface area contributed by atoms with Gasteiger partial charge in [0.1, 0.15) is 0 Å². The number of carbonyl (C=O) groups is 1. The molecule has 1 aliphatic heterocycles. The molecule has 3 atom stereocenters. The lowest BCUT2D eigenvalue weighted by atomic mass is 10.1. The van der Waals surface area contributed by atoms with Crippen LogP contribution in [0.1, 0.15) is 32.1 Å². The van der Waals surface area contributed by atoms with E-state index in [0.29, 0.717) is 19.4 Å². The monoisotopic (exact) mass is 326 g/mol. The van der Waals surface area contributed by atoms with Crippen molar-refractivity contribution in [3.63, 3.8) is 0 Å². The molecule has 1 heterocycles. The molecule has 0 aromatic rings. The lowest BCUT2D eigenvalue weighted by molar-refractivity contribution is -0.163. The van der Waals surface area contributed by atoms with Gasteiger partial charge >= 0.3 is 7.82 Å². The van der Waals surface area contributed by atoms with Gasteiger partial charge in [-0.2, -0.15) is 0 Å². The smallest absolute Gasteiger partial charge is 0.391 e. The van der Waals surface area contributed by atoms with Crippen LogP contribution in [-0.2, 0) is 18.6 Å². The van der Waals surface area contributed by atoms with Gasteiger partial charge < -0.3 is 20.6 Å². The third-order valence-electron chi connectivity index (χ3n) is 3.34. The number of nitrogens with two attached hydrogens (primary N) is 1. The highest BCUT2D eigenvalue weighted by Crippen LogP contribution is 2.42. The van der Waals surface area contributed by atoms with Crippen LogP contribution in [0.2, 0.25) is 0 Å². The Morgan fingerprint density at radius 1 is 1.38 bits per heavy atom. The largest absolute Gasteiger partial charge is 0.499 e. The van der Waals surface area contributed by atoms with Crippen molar-refractivity contribution in [2.24, 2.45) is 5.73 Å². The molecule has 10 heteroatoms. The molecule has 0 saturated carbocycles. The summed E-state index contributed by atoms with van der Waals surface area (Å²) in [7, 11) is -4.51. The molecule has 1 fully saturated rings. The average molecular weight is 326 g/mol. The molecule has 0 radical (unpaired) electrons. The third-order valence-corrected chi connectivity index (χ3v) is 4.02. The Balaban J connectivity index is 2.46. The van der Waals surface area contributed by atoms with E-state index in [2.05, 4.69) is 9.20 Å². The lowest BCUT2D eigenvalue weighted by Gasteiger charge is -2.24. The van der Waals surface area contributed by atoms with E-state index in [-0.39, 0.29) is 25.5 Å². The Labute approximate surface area is 123 Å². The number of hydrogen-bond acceptors (Lipinski definition) is 7. The Hall–Kier alpha value is -0.540. The number of β-amino-alcohol motifs (C(OH)–C–C–N with tert-alkyl or cyclic N) is 1. The van der Waals surface area contributed by atoms with Gasteiger partial charge in [0.15, 0.2) is 0 Å². The molecule has 1 rings (SSSR count). The predicted octanol–water partition coefficient (Wildman–Crippen LogP) is 0.0739. The number of carbonyl (C=O) groups excluding carboxylic acids is 1. The third kappa shape index (κ3) is 6.39. The van der Waals surface area contributed by atoms with Gasteiger partial charge in [-0.05, 0) is 25.8 Å². The van der Waals surface area contributed by atoms with Crippen LogP contribution in [0.5, 0.6) is 0 Å². The maximum Gasteiger partial charge on any atom is 0.499 e. The highest BCUT2D eigenvalue weighted by Gasteiger charge is 2.36. The molecular weight excluding hydrogens is 303 g/mol. The van der Waals surface area contributed by atoms with Crippen molar-refractivity contribution in [2.45, 2.75) is 44.2 Å². The number of rotatable bonds is 9. The molecule has 5 N–H and O–H groups in total. The zero-order valence-corrected chi connectivity index (χ0v) is 12.7. The minimum atomic E-state index is -4.51. The summed E-state index contributed by atoms with van der Waals surface area (Å²) in [5, 5.41) is 17.8. The zero-order valence-electron chi connectivity index (χ0n) is 11.8. The van der Waals surface area contributed by atoms with Crippen molar-refractivity contribution < 1.29 is 33.8 Å². The molecule has 1 amide bonds. The number of unbranched alkanes of at least 4 members (excludes halogenated alkanes) is 2. The van der Waals surface area contributed by atoms with E-state index in [4.69, 9.17) is 15.9 Å². The minimum Gasteiger partial charge on any atom is -0.391 e. The van der Waals surface area contributed by atoms with Crippen molar-refractivity contribution in [3.05, 3.63) is 0 Å². The number of aliphatic hydroxyl groups is 1. The maximum atomic E-state index is 12.1. The van der Waals surface area contributed by atoms with Gasteiger partial charge in [-0.25, -0.2) is 9.82 Å². The second-order valence-corrected chi connectivity index (χ2v) is 6.39. The van der Waals surface area contributed by atoms with Gasteiger partial charge in [0.05, 0.1) is 18.8 Å². The summed E-state index contributed by atoms with van der Waals surface area (Å²) in [6.45, 7) is 0.458. The first kappa shape index (κ1) is 18.5. The fourth-order valence-corrected chi connectivity index (χ4v) is 2.71. The van der Waals surface area contributed by atoms with Gasteiger partial charge in [0, 0.05) is 13.0 Å². The fourth-order valence-electron chi connectivity index (χ4n) is 2.30. The molecule has 1 aliphatic rings. The number of likely N-dealkylation sites (tertiary alicyclic amines) is 1. The number of amides is 1. The van der Waals surface area contributed by atoms with E-state index >= 15 is 0 Å². The van der Waals surface area contributed by atoms with Gasteiger partial charge in [0.2, 0.25) is 5.91 Å². The van der Waals surface area contributed by atoms with E-state index in [1.807, 2.05) is 0 Å². The molecule has 124 valence electrons. The normalized spacial score (nSPS) is 25.0. The van der Waals surface area contributed by atoms with Gasteiger partial charge in [-0.3, -0.25) is 9.32 Å². The van der Waals surface area contributed by atoms with Crippen LogP contribution in [0.25, 0.3) is 0 Å². The zero-order chi connectivity index (χ0) is 15.9. The SMILES string of the molecule is NCCCCCC(=O)N1C[C@H](O)C[C@H]1COP(=O)(O)OO. The number of phosphoric acid groups is 1. The van der Waals surface area contributed by atoms with Crippen molar-refractivity contribution in [1.29, 1.82) is 0 Å². The van der Waals surface area contributed by atoms with Crippen molar-refractivity contribution >= 4 is 13.7 Å². The molecule has 21 heavy (non-hydrogen) atoms. The molecule has 9 nitrogen and oxygen atoms in total. The second kappa shape index (κ2) is 8.79. The van der Waals surface area contributed by atoms with Crippen LogP contribution in [0, 0.1) is 0 Å². The highest BCUT2D eigenvalue weighted by atomic mass is 31.2. The van der Waals surface area contributed by atoms with Crippen molar-refractivity contribution in [2.75, 3.05) is 19.7 Å². The van der Waals surface area contributed by atoms with E-state index in [0.717, 1.165) is 12.8 Å². The number of hydrogen-bond donors (Lipinski definition) is 4. The summed E-state index contributed by atoms with van der Waals surface area (Å²) >= 11 is 0. The maximum absolute atomic E-state index is 12.1. The van der Waals surface area contributed by atoms with Crippen LogP contribution < -0.4 is 5.73 Å². The van der Waals surface area contributed by atoms with Gasteiger partial charge in [0.25, 0.3) is 0 Å². The first-order valence-electron chi connectivity index (χ1n) is 6.87. The summed E-state index contributed by atoms with van der Waals surface area (Å²) < 4.78 is 18.9. The van der Waals surface area contributed by atoms with Crippen LogP contribution in [0.15, 0.2) is 0 Å². The number of aliphatic hydroxyl groups excluding tert-OH is 1. The molecule has 0 aromatic heterocycles. The van der Waals surface area contributed by atoms with Gasteiger partial charge in [-0.1, -0.05) is 6.42 Å². The standard InChI is InChI=1S/C11H23N2O7P/c12-5-3-1-2-4-11(15)13-7-10(14)6-9(13)8-19-21(17,18)20-16/h9-10,14,16H,1-8,12H2,(H,17,18)/t9-,10+/m0/s1. The molecule has 0 aromatic carbocycles. The van der Waals surface area contributed by atoms with Crippen LogP contribution >= 0.6 is 7.82 Å². The summed E-state index contributed by atoms with van der Waals surface area (Å²) in [6.07, 6.45) is 2.29. The van der Waals surface area contributed by atoms with Crippen LogP contribution in [0.4, 0.5) is 0 Å². The van der Waals surface area contributed by atoms with E-state index in [1.54, 1.807) is 0 Å². The fraction of sp³-hybridized carbons (Fsp3) is 0.909. The average Bonchev–Trinajstić information content (AvgIpc) is 2.82. The molecule has 0 spiro atoms. The van der Waals surface area contributed by atoms with E-state index in [9.17, 15) is 14.5 Å². The Morgan fingerprint density at radius 3 is 2.71 bits per heavy atom. The Bertz CT molecular complexity index is 382. The van der Waals surface area contributed by atoms with Crippen LogP contribution in [-0.4, -0.2) is 57.9 Å². The second-order valence-electron chi connectivity index (χ2n) is 5.03. The van der Waals surface area contributed by atoms with E-state index in [1.165, 1.54) is 4.90 Å². The molecule has 0 bridgehead atoms. The first-order valence-corrected chi connectivity index (χ1v) is 8.37. The van der Waals surface area contributed by atoms with E-state index < -0.39 is 20.0 Å². The molecular formula is C11H23N2O7P. The Kier molecular flexibility index (Phi) is 7.75. The summed E-state index contributed by atoms with van der Waals surface area (Å²) in [5.74, 6) is -0.144. The first-order chi connectivity index (χ1) is 9.89. The molecule has 1 unspecified atom stereocenters. The van der Waals surface area contributed by atoms with Crippen molar-refractivity contribution in [1.82, 2.24) is 4.90 Å². The predicted molar refractivity (Wildman–Crippen MR) is 73.1 cm³/mol. The quantitative estimate of drug-likeness (QED) is 0.202. The van der Waals surface area contributed by atoms with Crippen LogP contribution in [0.3, 0.4) is 0 Å². The highest BCUT2D eigenvalue weighted by molar-refractivity contribution is 7.47.